The minimum Gasteiger partial charge on any atom is -0.0654 e. The summed E-state index contributed by atoms with van der Waals surface area (Å²) in [6.45, 7) is 16.8. The van der Waals surface area contributed by atoms with Crippen molar-refractivity contribution in [2.45, 2.75) is 87.0 Å². The lowest BCUT2D eigenvalue weighted by Crippen LogP contribution is -2.29. The molecule has 4 atom stereocenters. The normalized spacial score (nSPS) is 18.7. The van der Waals surface area contributed by atoms with Gasteiger partial charge in [-0.05, 0) is 36.0 Å². The molecule has 0 spiro atoms. The Morgan fingerprint density at radius 2 is 1.33 bits per heavy atom. The zero-order valence-electron chi connectivity index (χ0n) is 14.1. The largest absolute Gasteiger partial charge is 0.0654 e. The van der Waals surface area contributed by atoms with Crippen molar-refractivity contribution in [1.82, 2.24) is 0 Å². The molecule has 4 unspecified atom stereocenters. The molecule has 0 aromatic heterocycles. The summed E-state index contributed by atoms with van der Waals surface area (Å²) in [4.78, 5) is 0. The summed E-state index contributed by atoms with van der Waals surface area (Å²) in [5, 5.41) is 0. The van der Waals surface area contributed by atoms with E-state index in [2.05, 4.69) is 48.5 Å². The van der Waals surface area contributed by atoms with Gasteiger partial charge in [-0.1, -0.05) is 80.6 Å². The molecule has 0 aliphatic rings. The van der Waals surface area contributed by atoms with Gasteiger partial charge in [0, 0.05) is 0 Å². The molecule has 0 bridgehead atoms. The van der Waals surface area contributed by atoms with E-state index in [1.807, 2.05) is 0 Å². The Kier molecular flexibility index (Phi) is 9.87. The van der Waals surface area contributed by atoms with Crippen molar-refractivity contribution in [3.8, 4) is 0 Å². The average Bonchev–Trinajstić information content (AvgIpc) is 2.35. The van der Waals surface area contributed by atoms with Crippen molar-refractivity contribution in [1.29, 1.82) is 0 Å². The molecular formula is C18H38. The molecule has 0 saturated heterocycles. The van der Waals surface area contributed by atoms with Crippen molar-refractivity contribution in [2.24, 2.45) is 29.6 Å². The van der Waals surface area contributed by atoms with Crippen LogP contribution in [0.3, 0.4) is 0 Å². The standard InChI is InChI=1S/C18H38/c1-8-12-16(10-3)17(11-4)18(13-14(5)6)15(7)9-2/h14-18H,8-13H2,1-7H3. The van der Waals surface area contributed by atoms with E-state index < -0.39 is 0 Å². The molecular weight excluding hydrogens is 216 g/mol. The summed E-state index contributed by atoms with van der Waals surface area (Å²) in [6.07, 6.45) is 8.30. The summed E-state index contributed by atoms with van der Waals surface area (Å²) in [7, 11) is 0. The quantitative estimate of drug-likeness (QED) is 0.415. The van der Waals surface area contributed by atoms with Gasteiger partial charge < -0.3 is 0 Å². The maximum Gasteiger partial charge on any atom is -0.0355 e. The van der Waals surface area contributed by atoms with Crippen LogP contribution in [0.15, 0.2) is 0 Å². The molecule has 0 N–H and O–H groups in total. The molecule has 0 amide bonds. The van der Waals surface area contributed by atoms with Crippen molar-refractivity contribution in [2.75, 3.05) is 0 Å². The monoisotopic (exact) mass is 254 g/mol. The number of hydrogen-bond acceptors (Lipinski definition) is 0. The molecule has 18 heavy (non-hydrogen) atoms. The van der Waals surface area contributed by atoms with Gasteiger partial charge in [0.2, 0.25) is 0 Å². The Hall–Kier alpha value is 0. The fraction of sp³-hybridized carbons (Fsp3) is 1.00. The summed E-state index contributed by atoms with van der Waals surface area (Å²) >= 11 is 0. The van der Waals surface area contributed by atoms with E-state index in [0.29, 0.717) is 0 Å². The van der Waals surface area contributed by atoms with Crippen molar-refractivity contribution in [3.05, 3.63) is 0 Å². The van der Waals surface area contributed by atoms with Crippen LogP contribution >= 0.6 is 0 Å². The molecule has 0 fully saturated rings. The van der Waals surface area contributed by atoms with Crippen LogP contribution in [-0.4, -0.2) is 0 Å². The molecule has 0 nitrogen and oxygen atoms in total. The average molecular weight is 255 g/mol. The lowest BCUT2D eigenvalue weighted by Gasteiger charge is -2.37. The fourth-order valence-corrected chi connectivity index (χ4v) is 3.75. The third kappa shape index (κ3) is 5.76. The molecule has 0 aromatic carbocycles. The number of rotatable bonds is 10. The third-order valence-corrected chi connectivity index (χ3v) is 4.93. The lowest BCUT2D eigenvalue weighted by atomic mass is 9.68. The van der Waals surface area contributed by atoms with E-state index in [1.165, 1.54) is 38.5 Å². The van der Waals surface area contributed by atoms with Gasteiger partial charge in [-0.25, -0.2) is 0 Å². The van der Waals surface area contributed by atoms with Crippen LogP contribution in [0.2, 0.25) is 0 Å². The first kappa shape index (κ1) is 18.0. The van der Waals surface area contributed by atoms with Gasteiger partial charge in [0.25, 0.3) is 0 Å². The Morgan fingerprint density at radius 1 is 0.722 bits per heavy atom. The molecule has 110 valence electrons. The molecule has 0 aromatic rings. The third-order valence-electron chi connectivity index (χ3n) is 4.93. The second kappa shape index (κ2) is 9.87. The van der Waals surface area contributed by atoms with Crippen LogP contribution in [0.4, 0.5) is 0 Å². The van der Waals surface area contributed by atoms with Gasteiger partial charge in [0.15, 0.2) is 0 Å². The predicted molar refractivity (Wildman–Crippen MR) is 84.9 cm³/mol. The predicted octanol–water partition coefficient (Wildman–Crippen LogP) is 6.55. The maximum atomic E-state index is 2.48. The lowest BCUT2D eigenvalue weighted by molar-refractivity contribution is 0.126. The Labute approximate surface area is 117 Å². The van der Waals surface area contributed by atoms with E-state index in [1.54, 1.807) is 0 Å². The van der Waals surface area contributed by atoms with Gasteiger partial charge in [-0.3, -0.25) is 0 Å². The summed E-state index contributed by atoms with van der Waals surface area (Å²) in [5.41, 5.74) is 0. The SMILES string of the molecule is CCCC(CC)C(CC)C(CC(C)C)C(C)CC. The highest BCUT2D eigenvalue weighted by atomic mass is 14.4. The molecule has 0 heteroatoms. The van der Waals surface area contributed by atoms with E-state index in [0.717, 1.165) is 29.6 Å². The van der Waals surface area contributed by atoms with Crippen molar-refractivity contribution >= 4 is 0 Å². The maximum absolute atomic E-state index is 2.48. The van der Waals surface area contributed by atoms with Crippen LogP contribution in [0.5, 0.6) is 0 Å². The second-order valence-corrected chi connectivity index (χ2v) is 6.71. The summed E-state index contributed by atoms with van der Waals surface area (Å²) in [5.74, 6) is 4.59. The van der Waals surface area contributed by atoms with Crippen molar-refractivity contribution < 1.29 is 0 Å². The highest BCUT2D eigenvalue weighted by Gasteiger charge is 2.30. The van der Waals surface area contributed by atoms with Crippen LogP contribution in [0.1, 0.15) is 87.0 Å². The zero-order chi connectivity index (χ0) is 14.1. The zero-order valence-corrected chi connectivity index (χ0v) is 14.1. The van der Waals surface area contributed by atoms with Crippen LogP contribution < -0.4 is 0 Å². The van der Waals surface area contributed by atoms with Crippen LogP contribution in [0.25, 0.3) is 0 Å². The van der Waals surface area contributed by atoms with E-state index >= 15 is 0 Å². The molecule has 0 heterocycles. The highest BCUT2D eigenvalue weighted by molar-refractivity contribution is 4.79. The van der Waals surface area contributed by atoms with Crippen molar-refractivity contribution in [3.63, 3.8) is 0 Å². The van der Waals surface area contributed by atoms with E-state index in [-0.39, 0.29) is 0 Å². The van der Waals surface area contributed by atoms with Gasteiger partial charge >= 0.3 is 0 Å². The first-order chi connectivity index (χ1) is 8.51. The highest BCUT2D eigenvalue weighted by Crippen LogP contribution is 2.39. The van der Waals surface area contributed by atoms with E-state index in [4.69, 9.17) is 0 Å². The summed E-state index contributed by atoms with van der Waals surface area (Å²) < 4.78 is 0. The van der Waals surface area contributed by atoms with Gasteiger partial charge in [0.1, 0.15) is 0 Å². The molecule has 0 saturated carbocycles. The molecule has 0 radical (unpaired) electrons. The molecule has 0 rings (SSSR count). The van der Waals surface area contributed by atoms with Crippen LogP contribution in [-0.2, 0) is 0 Å². The first-order valence-corrected chi connectivity index (χ1v) is 8.51. The topological polar surface area (TPSA) is 0 Å². The van der Waals surface area contributed by atoms with Gasteiger partial charge in [0.05, 0.1) is 0 Å². The second-order valence-electron chi connectivity index (χ2n) is 6.71. The minimum absolute atomic E-state index is 0.845. The van der Waals surface area contributed by atoms with Gasteiger partial charge in [-0.15, -0.1) is 0 Å². The molecule has 0 aliphatic carbocycles. The summed E-state index contributed by atoms with van der Waals surface area (Å²) in [6, 6.07) is 0. The smallest absolute Gasteiger partial charge is 0.0355 e. The molecule has 0 aliphatic heterocycles. The number of hydrogen-bond donors (Lipinski definition) is 0. The Morgan fingerprint density at radius 3 is 1.67 bits per heavy atom. The Balaban J connectivity index is 4.87. The van der Waals surface area contributed by atoms with Crippen LogP contribution in [0, 0.1) is 29.6 Å². The minimum atomic E-state index is 0.845. The Bertz CT molecular complexity index is 182. The van der Waals surface area contributed by atoms with Gasteiger partial charge in [-0.2, -0.15) is 0 Å². The van der Waals surface area contributed by atoms with E-state index in [9.17, 15) is 0 Å². The fourth-order valence-electron chi connectivity index (χ4n) is 3.75. The first-order valence-electron chi connectivity index (χ1n) is 8.51.